The van der Waals surface area contributed by atoms with Crippen LogP contribution in [0, 0.1) is 0 Å². The Balaban J connectivity index is 1.67. The third-order valence-corrected chi connectivity index (χ3v) is 4.81. The van der Waals surface area contributed by atoms with E-state index in [0.717, 1.165) is 0 Å². The van der Waals surface area contributed by atoms with Crippen LogP contribution in [0.2, 0.25) is 5.02 Å². The molecule has 0 saturated heterocycles. The number of nitrogens with zero attached hydrogens (tertiary/aromatic N) is 1. The molecule has 29 heavy (non-hydrogen) atoms. The lowest BCUT2D eigenvalue weighted by Gasteiger charge is -2.32. The van der Waals surface area contributed by atoms with Crippen LogP contribution in [0.1, 0.15) is 26.7 Å². The number of rotatable bonds is 6. The number of carbonyl (C=O) groups excluding carboxylic acids is 3. The maximum Gasteiger partial charge on any atom is 0.267 e. The van der Waals surface area contributed by atoms with Crippen LogP contribution in [-0.2, 0) is 14.4 Å². The van der Waals surface area contributed by atoms with Crippen LogP contribution in [-0.4, -0.2) is 30.4 Å². The van der Waals surface area contributed by atoms with Gasteiger partial charge >= 0.3 is 0 Å². The monoisotopic (exact) mass is 415 g/mol. The van der Waals surface area contributed by atoms with Gasteiger partial charge in [0.25, 0.3) is 5.91 Å². The average molecular weight is 416 g/mol. The van der Waals surface area contributed by atoms with Crippen molar-refractivity contribution >= 4 is 46.4 Å². The quantitative estimate of drug-likeness (QED) is 0.750. The second-order valence-electron chi connectivity index (χ2n) is 6.61. The van der Waals surface area contributed by atoms with Crippen molar-refractivity contribution in [1.82, 2.24) is 0 Å². The number of para-hydroxylation sites is 2. The van der Waals surface area contributed by atoms with E-state index in [1.54, 1.807) is 49.1 Å². The molecule has 1 aliphatic heterocycles. The van der Waals surface area contributed by atoms with Gasteiger partial charge in [0.15, 0.2) is 6.10 Å². The summed E-state index contributed by atoms with van der Waals surface area (Å²) >= 11 is 6.16. The molecule has 0 bridgehead atoms. The lowest BCUT2D eigenvalue weighted by Crippen LogP contribution is -2.45. The summed E-state index contributed by atoms with van der Waals surface area (Å²) in [6.45, 7) is 3.64. The van der Waals surface area contributed by atoms with Gasteiger partial charge < -0.3 is 20.3 Å². The average Bonchev–Trinajstić information content (AvgIpc) is 2.70. The fraction of sp³-hybridized carbons (Fsp3) is 0.286. The minimum Gasteiger partial charge on any atom is -0.479 e. The Morgan fingerprint density at radius 3 is 2.66 bits per heavy atom. The highest BCUT2D eigenvalue weighted by atomic mass is 35.5. The number of hydrogen-bond donors (Lipinski definition) is 2. The third-order valence-electron chi connectivity index (χ3n) is 4.48. The molecule has 0 radical (unpaired) electrons. The van der Waals surface area contributed by atoms with Gasteiger partial charge in [-0.1, -0.05) is 30.7 Å². The zero-order valence-corrected chi connectivity index (χ0v) is 17.0. The van der Waals surface area contributed by atoms with E-state index >= 15 is 0 Å². The van der Waals surface area contributed by atoms with Crippen molar-refractivity contribution in [2.24, 2.45) is 0 Å². The predicted molar refractivity (Wildman–Crippen MR) is 113 cm³/mol. The topological polar surface area (TPSA) is 87.7 Å². The van der Waals surface area contributed by atoms with Crippen molar-refractivity contribution in [2.75, 3.05) is 22.1 Å². The lowest BCUT2D eigenvalue weighted by atomic mass is 10.1. The Hall–Kier alpha value is -3.06. The highest BCUT2D eigenvalue weighted by Crippen LogP contribution is 2.33. The van der Waals surface area contributed by atoms with Gasteiger partial charge in [0, 0.05) is 25.1 Å². The molecular weight excluding hydrogens is 394 g/mol. The highest BCUT2D eigenvalue weighted by molar-refractivity contribution is 6.33. The summed E-state index contributed by atoms with van der Waals surface area (Å²) in [6, 6.07) is 12.1. The van der Waals surface area contributed by atoms with E-state index < -0.39 is 6.10 Å². The summed E-state index contributed by atoms with van der Waals surface area (Å²) in [5.74, 6) is -0.0141. The first-order valence-corrected chi connectivity index (χ1v) is 9.73. The van der Waals surface area contributed by atoms with E-state index in [1.807, 2.05) is 12.1 Å². The smallest absolute Gasteiger partial charge is 0.267 e. The molecular formula is C21H22ClN3O4. The summed E-state index contributed by atoms with van der Waals surface area (Å²) < 4.78 is 5.60. The fourth-order valence-electron chi connectivity index (χ4n) is 2.96. The van der Waals surface area contributed by atoms with Crippen molar-refractivity contribution < 1.29 is 19.1 Å². The molecule has 0 spiro atoms. The first-order valence-electron chi connectivity index (χ1n) is 9.35. The Labute approximate surface area is 174 Å². The van der Waals surface area contributed by atoms with E-state index in [4.69, 9.17) is 16.3 Å². The number of benzene rings is 2. The highest BCUT2D eigenvalue weighted by Gasteiger charge is 2.31. The van der Waals surface area contributed by atoms with Crippen LogP contribution >= 0.6 is 11.6 Å². The van der Waals surface area contributed by atoms with Gasteiger partial charge in [0.1, 0.15) is 5.75 Å². The van der Waals surface area contributed by atoms with Crippen molar-refractivity contribution in [3.8, 4) is 5.75 Å². The summed E-state index contributed by atoms with van der Waals surface area (Å²) in [6.07, 6.45) is -0.187. The molecule has 7 nitrogen and oxygen atoms in total. The second-order valence-corrected chi connectivity index (χ2v) is 7.02. The molecule has 2 aromatic rings. The zero-order valence-electron chi connectivity index (χ0n) is 16.2. The normalized spacial score (nSPS) is 15.3. The van der Waals surface area contributed by atoms with Crippen molar-refractivity contribution in [3.63, 3.8) is 0 Å². The van der Waals surface area contributed by atoms with Crippen LogP contribution in [0.25, 0.3) is 0 Å². The molecule has 0 aromatic heterocycles. The molecule has 1 aliphatic rings. The molecule has 1 unspecified atom stereocenters. The standard InChI is InChI=1S/C21H22ClN3O4/c1-3-19(26)23-14-8-9-15(22)16(12-14)24-20(27)10-11-25-17-6-4-5-7-18(17)29-13(2)21(25)28/h4-9,12-13H,3,10-11H2,1-2H3,(H,23,26)(H,24,27). The number of ether oxygens (including phenoxy) is 1. The molecule has 0 saturated carbocycles. The van der Waals surface area contributed by atoms with E-state index in [0.29, 0.717) is 34.3 Å². The van der Waals surface area contributed by atoms with Crippen molar-refractivity contribution in [2.45, 2.75) is 32.8 Å². The zero-order chi connectivity index (χ0) is 21.0. The van der Waals surface area contributed by atoms with E-state index in [9.17, 15) is 14.4 Å². The molecule has 2 N–H and O–H groups in total. The molecule has 0 aliphatic carbocycles. The molecule has 152 valence electrons. The largest absolute Gasteiger partial charge is 0.479 e. The number of halogens is 1. The number of anilines is 3. The van der Waals surface area contributed by atoms with E-state index in [2.05, 4.69) is 10.6 Å². The predicted octanol–water partition coefficient (Wildman–Crippen LogP) is 3.83. The lowest BCUT2D eigenvalue weighted by molar-refractivity contribution is -0.125. The summed E-state index contributed by atoms with van der Waals surface area (Å²) in [5, 5.41) is 5.82. The number of hydrogen-bond acceptors (Lipinski definition) is 4. The van der Waals surface area contributed by atoms with Crippen molar-refractivity contribution in [1.29, 1.82) is 0 Å². The molecule has 8 heteroatoms. The van der Waals surface area contributed by atoms with E-state index in [-0.39, 0.29) is 30.7 Å². The van der Waals surface area contributed by atoms with Gasteiger partial charge in [-0.05, 0) is 37.3 Å². The number of fused-ring (bicyclic) bond motifs is 1. The first kappa shape index (κ1) is 20.7. The molecule has 3 amide bonds. The van der Waals surface area contributed by atoms with Crippen LogP contribution in [0.15, 0.2) is 42.5 Å². The third kappa shape index (κ3) is 4.86. The first-order chi connectivity index (χ1) is 13.9. The Morgan fingerprint density at radius 1 is 1.14 bits per heavy atom. The van der Waals surface area contributed by atoms with E-state index in [1.165, 1.54) is 0 Å². The fourth-order valence-corrected chi connectivity index (χ4v) is 3.13. The Kier molecular flexibility index (Phi) is 6.39. The van der Waals surface area contributed by atoms with Crippen LogP contribution in [0.3, 0.4) is 0 Å². The van der Waals surface area contributed by atoms with Gasteiger partial charge in [0.05, 0.1) is 16.4 Å². The van der Waals surface area contributed by atoms with Gasteiger partial charge in [-0.2, -0.15) is 0 Å². The van der Waals surface area contributed by atoms with Crippen LogP contribution < -0.4 is 20.3 Å². The molecule has 1 heterocycles. The molecule has 3 rings (SSSR count). The van der Waals surface area contributed by atoms with Crippen molar-refractivity contribution in [3.05, 3.63) is 47.5 Å². The van der Waals surface area contributed by atoms with Crippen LogP contribution in [0.4, 0.5) is 17.1 Å². The summed E-state index contributed by atoms with van der Waals surface area (Å²) in [4.78, 5) is 38.1. The Morgan fingerprint density at radius 2 is 1.90 bits per heavy atom. The summed E-state index contributed by atoms with van der Waals surface area (Å²) in [7, 11) is 0. The number of nitrogens with one attached hydrogen (secondary N) is 2. The SMILES string of the molecule is CCC(=O)Nc1ccc(Cl)c(NC(=O)CCN2C(=O)C(C)Oc3ccccc32)c1. The van der Waals surface area contributed by atoms with Gasteiger partial charge in [-0.25, -0.2) is 0 Å². The minimum absolute atomic E-state index is 0.0780. The summed E-state index contributed by atoms with van der Waals surface area (Å²) in [5.41, 5.74) is 1.58. The number of carbonyl (C=O) groups is 3. The number of amides is 3. The van der Waals surface area contributed by atoms with Gasteiger partial charge in [0.2, 0.25) is 11.8 Å². The molecule has 2 aromatic carbocycles. The molecule has 1 atom stereocenters. The van der Waals surface area contributed by atoms with Crippen LogP contribution in [0.5, 0.6) is 5.75 Å². The Bertz CT molecular complexity index is 947. The maximum atomic E-state index is 12.5. The van der Waals surface area contributed by atoms with Gasteiger partial charge in [-0.15, -0.1) is 0 Å². The maximum absolute atomic E-state index is 12.5. The minimum atomic E-state index is -0.610. The van der Waals surface area contributed by atoms with Gasteiger partial charge in [-0.3, -0.25) is 14.4 Å². The molecule has 0 fully saturated rings. The second kappa shape index (κ2) is 8.96.